The van der Waals surface area contributed by atoms with E-state index in [0.717, 1.165) is 5.56 Å². The molecule has 0 spiro atoms. The van der Waals surface area contributed by atoms with Crippen LogP contribution >= 0.6 is 0 Å². The Bertz CT molecular complexity index is 394. The van der Waals surface area contributed by atoms with Gasteiger partial charge in [-0.05, 0) is 30.5 Å². The summed E-state index contributed by atoms with van der Waals surface area (Å²) in [7, 11) is 0. The molecule has 0 aliphatic heterocycles. The summed E-state index contributed by atoms with van der Waals surface area (Å²) >= 11 is 0. The Morgan fingerprint density at radius 1 is 1.22 bits per heavy atom. The fraction of sp³-hybridized carbons (Fsp3) is 0.500. The first-order valence-corrected chi connectivity index (χ1v) is 6.58. The predicted molar refractivity (Wildman–Crippen MR) is 73.4 cm³/mol. The summed E-state index contributed by atoms with van der Waals surface area (Å²) in [5, 5.41) is 12.5. The maximum atomic E-state index is 9.18. The number of hydrogen-bond acceptors (Lipinski definition) is 2. The van der Waals surface area contributed by atoms with Crippen molar-refractivity contribution >= 4 is 5.96 Å². The minimum absolute atomic E-state index is 0.274. The van der Waals surface area contributed by atoms with E-state index < -0.39 is 0 Å². The summed E-state index contributed by atoms with van der Waals surface area (Å²) in [6.45, 7) is 0.547. The lowest BCUT2D eigenvalue weighted by Crippen LogP contribution is -2.41. The van der Waals surface area contributed by atoms with E-state index in [1.165, 1.54) is 32.1 Å². The lowest BCUT2D eigenvalue weighted by molar-refractivity contribution is 0.412. The second kappa shape index (κ2) is 6.28. The van der Waals surface area contributed by atoms with E-state index in [1.54, 1.807) is 12.1 Å². The van der Waals surface area contributed by atoms with Crippen LogP contribution in [0.15, 0.2) is 29.3 Å². The van der Waals surface area contributed by atoms with Gasteiger partial charge in [-0.3, -0.25) is 0 Å². The van der Waals surface area contributed by atoms with Crippen LogP contribution < -0.4 is 11.1 Å². The molecule has 98 valence electrons. The molecule has 1 fully saturated rings. The van der Waals surface area contributed by atoms with Crippen LogP contribution in [0.1, 0.15) is 37.7 Å². The number of guanidine groups is 1. The van der Waals surface area contributed by atoms with Crippen LogP contribution in [-0.2, 0) is 6.54 Å². The second-order valence-electron chi connectivity index (χ2n) is 4.85. The number of phenolic OH excluding ortho intramolecular Hbond substituents is 1. The molecule has 0 unspecified atom stereocenters. The van der Waals surface area contributed by atoms with Gasteiger partial charge in [0.2, 0.25) is 0 Å². The first kappa shape index (κ1) is 12.7. The number of aromatic hydroxyl groups is 1. The molecule has 1 saturated carbocycles. The van der Waals surface area contributed by atoms with Crippen LogP contribution in [0.5, 0.6) is 5.75 Å². The zero-order valence-corrected chi connectivity index (χ0v) is 10.6. The second-order valence-corrected chi connectivity index (χ2v) is 4.85. The molecule has 1 aromatic rings. The zero-order chi connectivity index (χ0) is 12.8. The molecule has 0 bridgehead atoms. The van der Waals surface area contributed by atoms with Crippen molar-refractivity contribution in [2.75, 3.05) is 0 Å². The van der Waals surface area contributed by atoms with E-state index in [0.29, 0.717) is 18.5 Å². The summed E-state index contributed by atoms with van der Waals surface area (Å²) in [6.07, 6.45) is 6.28. The van der Waals surface area contributed by atoms with Gasteiger partial charge in [0.05, 0.1) is 6.54 Å². The molecule has 4 nitrogen and oxygen atoms in total. The summed E-state index contributed by atoms with van der Waals surface area (Å²) in [6, 6.07) is 7.52. The standard InChI is InChI=1S/C14H21N3O/c15-14(17-12-4-2-1-3-5-12)16-10-11-6-8-13(18)9-7-11/h6-9,12,18H,1-5,10H2,(H3,15,16,17). The molecular weight excluding hydrogens is 226 g/mol. The van der Waals surface area contributed by atoms with Crippen molar-refractivity contribution in [3.8, 4) is 5.75 Å². The molecule has 2 rings (SSSR count). The number of nitrogens with two attached hydrogens (primary N) is 1. The minimum atomic E-state index is 0.274. The highest BCUT2D eigenvalue weighted by Crippen LogP contribution is 2.17. The van der Waals surface area contributed by atoms with Gasteiger partial charge >= 0.3 is 0 Å². The maximum Gasteiger partial charge on any atom is 0.189 e. The van der Waals surface area contributed by atoms with Crippen molar-refractivity contribution in [3.63, 3.8) is 0 Å². The molecular formula is C14H21N3O. The van der Waals surface area contributed by atoms with Crippen LogP contribution in [-0.4, -0.2) is 17.1 Å². The Balaban J connectivity index is 1.82. The number of nitrogens with zero attached hydrogens (tertiary/aromatic N) is 1. The van der Waals surface area contributed by atoms with Gasteiger partial charge in [0.1, 0.15) is 5.75 Å². The molecule has 1 aromatic carbocycles. The Labute approximate surface area is 108 Å². The smallest absolute Gasteiger partial charge is 0.189 e. The van der Waals surface area contributed by atoms with Crippen LogP contribution in [0.3, 0.4) is 0 Å². The van der Waals surface area contributed by atoms with Crippen molar-refractivity contribution in [2.45, 2.75) is 44.7 Å². The van der Waals surface area contributed by atoms with E-state index in [9.17, 15) is 5.11 Å². The van der Waals surface area contributed by atoms with Crippen LogP contribution in [0.4, 0.5) is 0 Å². The Hall–Kier alpha value is -1.71. The SMILES string of the molecule is NC(=NCc1ccc(O)cc1)NC1CCCCC1. The molecule has 18 heavy (non-hydrogen) atoms. The highest BCUT2D eigenvalue weighted by atomic mass is 16.3. The fourth-order valence-corrected chi connectivity index (χ4v) is 2.28. The zero-order valence-electron chi connectivity index (χ0n) is 10.6. The molecule has 4 N–H and O–H groups in total. The highest BCUT2D eigenvalue weighted by Gasteiger charge is 2.13. The lowest BCUT2D eigenvalue weighted by Gasteiger charge is -2.23. The van der Waals surface area contributed by atoms with Gasteiger partial charge in [0, 0.05) is 6.04 Å². The monoisotopic (exact) mass is 247 g/mol. The maximum absolute atomic E-state index is 9.18. The third-order valence-corrected chi connectivity index (χ3v) is 3.33. The van der Waals surface area contributed by atoms with E-state index in [-0.39, 0.29) is 5.75 Å². The van der Waals surface area contributed by atoms with Crippen LogP contribution in [0.2, 0.25) is 0 Å². The largest absolute Gasteiger partial charge is 0.508 e. The van der Waals surface area contributed by atoms with Gasteiger partial charge in [-0.15, -0.1) is 0 Å². The number of rotatable bonds is 3. The van der Waals surface area contributed by atoms with Crippen molar-refractivity contribution < 1.29 is 5.11 Å². The van der Waals surface area contributed by atoms with Crippen LogP contribution in [0, 0.1) is 0 Å². The number of hydrogen-bond donors (Lipinski definition) is 3. The Morgan fingerprint density at radius 3 is 2.56 bits per heavy atom. The molecule has 4 heteroatoms. The number of phenols is 1. The van der Waals surface area contributed by atoms with Gasteiger partial charge < -0.3 is 16.2 Å². The van der Waals surface area contributed by atoms with E-state index in [4.69, 9.17) is 5.73 Å². The van der Waals surface area contributed by atoms with Crippen molar-refractivity contribution in [2.24, 2.45) is 10.7 Å². The third-order valence-electron chi connectivity index (χ3n) is 3.33. The average Bonchev–Trinajstić information content (AvgIpc) is 2.39. The fourth-order valence-electron chi connectivity index (χ4n) is 2.28. The highest BCUT2D eigenvalue weighted by molar-refractivity contribution is 5.78. The van der Waals surface area contributed by atoms with Gasteiger partial charge in [0.25, 0.3) is 0 Å². The normalized spacial score (nSPS) is 17.7. The number of nitrogens with one attached hydrogen (secondary N) is 1. The van der Waals surface area contributed by atoms with Gasteiger partial charge in [-0.2, -0.15) is 0 Å². The van der Waals surface area contributed by atoms with Gasteiger partial charge in [0.15, 0.2) is 5.96 Å². The van der Waals surface area contributed by atoms with Crippen molar-refractivity contribution in [3.05, 3.63) is 29.8 Å². The molecule has 0 atom stereocenters. The predicted octanol–water partition coefficient (Wildman–Crippen LogP) is 2.13. The van der Waals surface area contributed by atoms with Gasteiger partial charge in [-0.1, -0.05) is 31.4 Å². The Morgan fingerprint density at radius 2 is 1.89 bits per heavy atom. The summed E-state index contributed by atoms with van der Waals surface area (Å²) in [5.74, 6) is 0.797. The quantitative estimate of drug-likeness (QED) is 0.566. The lowest BCUT2D eigenvalue weighted by atomic mass is 9.96. The summed E-state index contributed by atoms with van der Waals surface area (Å²) < 4.78 is 0. The summed E-state index contributed by atoms with van der Waals surface area (Å²) in [5.41, 5.74) is 6.91. The number of aliphatic imine (C=N–C) groups is 1. The average molecular weight is 247 g/mol. The minimum Gasteiger partial charge on any atom is -0.508 e. The molecule has 0 amide bonds. The van der Waals surface area contributed by atoms with E-state index in [1.807, 2.05) is 12.1 Å². The topological polar surface area (TPSA) is 70.6 Å². The third kappa shape index (κ3) is 3.95. The Kier molecular flexibility index (Phi) is 4.45. The van der Waals surface area contributed by atoms with Gasteiger partial charge in [-0.25, -0.2) is 4.99 Å². The molecule has 0 radical (unpaired) electrons. The van der Waals surface area contributed by atoms with Crippen LogP contribution in [0.25, 0.3) is 0 Å². The molecule has 1 aliphatic rings. The molecule has 0 heterocycles. The van der Waals surface area contributed by atoms with E-state index in [2.05, 4.69) is 10.3 Å². The van der Waals surface area contributed by atoms with Crippen molar-refractivity contribution in [1.29, 1.82) is 0 Å². The molecule has 0 saturated heterocycles. The molecule has 1 aliphatic carbocycles. The first-order valence-electron chi connectivity index (χ1n) is 6.58. The number of benzene rings is 1. The van der Waals surface area contributed by atoms with E-state index >= 15 is 0 Å². The first-order chi connectivity index (χ1) is 8.74. The van der Waals surface area contributed by atoms with Crippen molar-refractivity contribution in [1.82, 2.24) is 5.32 Å². The summed E-state index contributed by atoms with van der Waals surface area (Å²) in [4.78, 5) is 4.32. The molecule has 0 aromatic heterocycles.